The summed E-state index contributed by atoms with van der Waals surface area (Å²) in [5, 5.41) is 18.7. The molecule has 49 heavy (non-hydrogen) atoms. The average molecular weight is 658 g/mol. The number of hydrogen-bond donors (Lipinski definition) is 4. The summed E-state index contributed by atoms with van der Waals surface area (Å²) in [7, 11) is 0. The van der Waals surface area contributed by atoms with E-state index in [2.05, 4.69) is 58.4 Å². The van der Waals surface area contributed by atoms with Crippen LogP contribution >= 0.6 is 0 Å². The van der Waals surface area contributed by atoms with Gasteiger partial charge in [-0.25, -0.2) is 4.79 Å². The largest absolute Gasteiger partial charge is 0.457 e. The van der Waals surface area contributed by atoms with Gasteiger partial charge in [-0.1, -0.05) is 55.3 Å². The lowest BCUT2D eigenvalue weighted by atomic mass is 9.90. The Kier molecular flexibility index (Phi) is 11.1. The Bertz CT molecular complexity index is 1750. The number of ether oxygens (including phenoxy) is 1. The molecule has 6 rings (SSSR count). The van der Waals surface area contributed by atoms with Gasteiger partial charge in [-0.2, -0.15) is 0 Å². The fourth-order valence-corrected chi connectivity index (χ4v) is 6.95. The van der Waals surface area contributed by atoms with Crippen LogP contribution in [0.1, 0.15) is 91.8 Å². The van der Waals surface area contributed by atoms with Crippen LogP contribution in [0.5, 0.6) is 11.5 Å². The fraction of sp³-hybridized carbons (Fsp3) is 0.333. The topological polar surface area (TPSA) is 99.7 Å². The van der Waals surface area contributed by atoms with Crippen molar-refractivity contribution in [2.24, 2.45) is 5.92 Å². The number of aryl methyl sites for hydroxylation is 1. The zero-order chi connectivity index (χ0) is 34.2. The van der Waals surface area contributed by atoms with E-state index in [0.717, 1.165) is 44.9 Å². The van der Waals surface area contributed by atoms with Crippen molar-refractivity contribution in [1.29, 1.82) is 0 Å². The number of carbonyl (C=O) groups excluding carboxylic acids is 2. The van der Waals surface area contributed by atoms with E-state index in [0.29, 0.717) is 40.3 Å². The Morgan fingerprint density at radius 1 is 0.796 bits per heavy atom. The summed E-state index contributed by atoms with van der Waals surface area (Å²) < 4.78 is 5.93. The molecule has 0 aliphatic heterocycles. The molecule has 2 unspecified atom stereocenters. The van der Waals surface area contributed by atoms with E-state index in [1.54, 1.807) is 24.3 Å². The third kappa shape index (κ3) is 9.39. The molecular formula is C42H47N3O4. The highest BCUT2D eigenvalue weighted by Gasteiger charge is 2.26. The molecular weight excluding hydrogens is 610 g/mol. The summed E-state index contributed by atoms with van der Waals surface area (Å²) in [6, 6.07) is 31.0. The highest BCUT2D eigenvalue weighted by atomic mass is 16.5. The molecule has 0 saturated heterocycles. The van der Waals surface area contributed by atoms with Crippen molar-refractivity contribution >= 4 is 28.9 Å². The Hall–Kier alpha value is -4.88. The number of aliphatic hydroxyl groups excluding tert-OH is 1. The van der Waals surface area contributed by atoms with Gasteiger partial charge in [0.1, 0.15) is 11.5 Å². The Morgan fingerprint density at radius 2 is 1.47 bits per heavy atom. The lowest BCUT2D eigenvalue weighted by Gasteiger charge is -2.15. The van der Waals surface area contributed by atoms with Gasteiger partial charge in [0, 0.05) is 28.9 Å². The van der Waals surface area contributed by atoms with E-state index in [1.165, 1.54) is 28.7 Å². The van der Waals surface area contributed by atoms with Gasteiger partial charge in [-0.05, 0) is 141 Å². The smallest absolute Gasteiger partial charge is 0.319 e. The van der Waals surface area contributed by atoms with Crippen molar-refractivity contribution in [3.63, 3.8) is 0 Å². The summed E-state index contributed by atoms with van der Waals surface area (Å²) in [4.78, 5) is 24.9. The van der Waals surface area contributed by atoms with Crippen LogP contribution in [0.2, 0.25) is 0 Å². The van der Waals surface area contributed by atoms with Gasteiger partial charge >= 0.3 is 6.03 Å². The number of nitrogens with one attached hydrogen (secondary N) is 3. The van der Waals surface area contributed by atoms with Gasteiger partial charge < -0.3 is 25.8 Å². The van der Waals surface area contributed by atoms with Crippen molar-refractivity contribution in [3.05, 3.63) is 125 Å². The van der Waals surface area contributed by atoms with Gasteiger partial charge in [0.25, 0.3) is 5.91 Å². The van der Waals surface area contributed by atoms with Gasteiger partial charge in [0.2, 0.25) is 0 Å². The number of aliphatic hydroxyl groups is 1. The van der Waals surface area contributed by atoms with Gasteiger partial charge in [0.05, 0.1) is 6.10 Å². The summed E-state index contributed by atoms with van der Waals surface area (Å²) in [5.41, 5.74) is 7.49. The lowest BCUT2D eigenvalue weighted by molar-refractivity contribution is 0.102. The molecule has 0 heterocycles. The van der Waals surface area contributed by atoms with Crippen LogP contribution in [0.3, 0.4) is 0 Å². The van der Waals surface area contributed by atoms with Crippen molar-refractivity contribution < 1.29 is 19.4 Å². The lowest BCUT2D eigenvalue weighted by Crippen LogP contribution is -2.34. The first-order valence-electron chi connectivity index (χ1n) is 17.6. The molecule has 4 aromatic rings. The SMILES string of the molecule is CC(C)NC(=O)Nc1ccc(Oc2ccc(NC(=O)c3ccc(CC[C@@H]4C=C(CC5CCCC(O)CC5)c5ccccc54)cc3)cc2)cc1. The molecule has 254 valence electrons. The van der Waals surface area contributed by atoms with Crippen molar-refractivity contribution in [1.82, 2.24) is 5.32 Å². The molecule has 7 nitrogen and oxygen atoms in total. The first-order chi connectivity index (χ1) is 23.8. The monoisotopic (exact) mass is 657 g/mol. The predicted octanol–water partition coefficient (Wildman–Crippen LogP) is 9.71. The van der Waals surface area contributed by atoms with Gasteiger partial charge in [0.15, 0.2) is 0 Å². The van der Waals surface area contributed by atoms with E-state index in [1.807, 2.05) is 50.2 Å². The van der Waals surface area contributed by atoms with E-state index >= 15 is 0 Å². The number of anilines is 2. The molecule has 3 atom stereocenters. The Labute approximate surface area is 289 Å². The zero-order valence-electron chi connectivity index (χ0n) is 28.5. The number of urea groups is 1. The number of amides is 3. The molecule has 3 amide bonds. The third-order valence-corrected chi connectivity index (χ3v) is 9.52. The first kappa shape index (κ1) is 34.0. The number of carbonyl (C=O) groups is 2. The summed E-state index contributed by atoms with van der Waals surface area (Å²) in [6.45, 7) is 3.81. The van der Waals surface area contributed by atoms with Gasteiger partial charge in [-0.3, -0.25) is 4.79 Å². The van der Waals surface area contributed by atoms with Gasteiger partial charge in [-0.15, -0.1) is 0 Å². The maximum absolute atomic E-state index is 13.0. The maximum atomic E-state index is 13.0. The molecule has 1 fully saturated rings. The van der Waals surface area contributed by atoms with Crippen molar-refractivity contribution in [3.8, 4) is 11.5 Å². The molecule has 0 radical (unpaired) electrons. The number of allylic oxidation sites excluding steroid dienone is 2. The molecule has 2 aliphatic carbocycles. The summed E-state index contributed by atoms with van der Waals surface area (Å²) in [5.74, 6) is 2.16. The van der Waals surface area contributed by atoms with Crippen LogP contribution in [-0.2, 0) is 6.42 Å². The molecule has 0 aromatic heterocycles. The minimum absolute atomic E-state index is 0.0539. The molecule has 2 aliphatic rings. The zero-order valence-corrected chi connectivity index (χ0v) is 28.5. The second-order valence-electron chi connectivity index (χ2n) is 13.7. The maximum Gasteiger partial charge on any atom is 0.319 e. The fourth-order valence-electron chi connectivity index (χ4n) is 6.95. The predicted molar refractivity (Wildman–Crippen MR) is 197 cm³/mol. The van der Waals surface area contributed by atoms with Crippen molar-refractivity contribution in [2.75, 3.05) is 10.6 Å². The quantitative estimate of drug-likeness (QED) is 0.121. The normalized spacial score (nSPS) is 18.6. The average Bonchev–Trinajstić information content (AvgIpc) is 3.30. The van der Waals surface area contributed by atoms with E-state index in [4.69, 9.17) is 4.74 Å². The second kappa shape index (κ2) is 16.0. The number of benzene rings is 4. The standard InChI is InChI=1S/C42H47N3O4/c1-28(2)43-42(48)45-35-19-24-38(25-20-35)49-37-22-17-34(18-23-37)44-41(47)31-14-10-29(11-15-31)12-16-32-27-33(40-9-4-3-8-39(32)40)26-30-6-5-7-36(46)21-13-30/h3-4,8-11,14-15,17-20,22-25,27-28,30,32,36,46H,5-7,12-13,16,21,26H2,1-2H3,(H,44,47)(H2,43,45,48)/t30?,32-,36?/m1/s1. The molecule has 4 N–H and O–H groups in total. The first-order valence-corrected chi connectivity index (χ1v) is 17.6. The van der Waals surface area contributed by atoms with Crippen LogP contribution < -0.4 is 20.7 Å². The number of hydrogen-bond acceptors (Lipinski definition) is 4. The molecule has 4 aromatic carbocycles. The molecule has 1 saturated carbocycles. The number of rotatable bonds is 11. The van der Waals surface area contributed by atoms with E-state index < -0.39 is 0 Å². The van der Waals surface area contributed by atoms with Crippen molar-refractivity contribution in [2.45, 2.75) is 83.3 Å². The summed E-state index contributed by atoms with van der Waals surface area (Å²) >= 11 is 0. The summed E-state index contributed by atoms with van der Waals surface area (Å²) in [6.07, 6.45) is 10.7. The minimum atomic E-state index is -0.252. The number of fused-ring (bicyclic) bond motifs is 1. The van der Waals surface area contributed by atoms with Crippen LogP contribution in [0.4, 0.5) is 16.2 Å². The third-order valence-electron chi connectivity index (χ3n) is 9.52. The molecule has 0 bridgehead atoms. The van der Waals surface area contributed by atoms with Crippen LogP contribution in [0.15, 0.2) is 103 Å². The highest BCUT2D eigenvalue weighted by molar-refractivity contribution is 6.04. The Balaban J connectivity index is 0.988. The van der Waals surface area contributed by atoms with E-state index in [9.17, 15) is 14.7 Å². The van der Waals surface area contributed by atoms with Crippen LogP contribution in [-0.4, -0.2) is 29.2 Å². The van der Waals surface area contributed by atoms with Crippen LogP contribution in [0.25, 0.3) is 5.57 Å². The molecule has 0 spiro atoms. The second-order valence-corrected chi connectivity index (χ2v) is 13.7. The van der Waals surface area contributed by atoms with E-state index in [-0.39, 0.29) is 24.1 Å². The van der Waals surface area contributed by atoms with Crippen LogP contribution in [0, 0.1) is 5.92 Å². The molecule has 7 heteroatoms. The Morgan fingerprint density at radius 3 is 2.16 bits per heavy atom. The highest BCUT2D eigenvalue weighted by Crippen LogP contribution is 2.43. The minimum Gasteiger partial charge on any atom is -0.457 e.